The molecule has 0 spiro atoms. The summed E-state index contributed by atoms with van der Waals surface area (Å²) in [6.45, 7) is 2.81. The van der Waals surface area contributed by atoms with E-state index >= 15 is 0 Å². The Morgan fingerprint density at radius 1 is 1.53 bits per heavy atom. The minimum Gasteiger partial charge on any atom is -0.480 e. The van der Waals surface area contributed by atoms with Crippen LogP contribution in [0.3, 0.4) is 0 Å². The minimum absolute atomic E-state index is 0.0815. The summed E-state index contributed by atoms with van der Waals surface area (Å²) >= 11 is 3.03. The highest BCUT2D eigenvalue weighted by atomic mass is 79.9. The Bertz CT molecular complexity index is 474. The highest BCUT2D eigenvalue weighted by Gasteiger charge is 2.34. The topological polar surface area (TPSA) is 54.4 Å². The van der Waals surface area contributed by atoms with Gasteiger partial charge in [-0.15, -0.1) is 0 Å². The van der Waals surface area contributed by atoms with Gasteiger partial charge < -0.3 is 5.11 Å². The van der Waals surface area contributed by atoms with Crippen LogP contribution in [0, 0.1) is 5.82 Å². The first kappa shape index (κ1) is 14.3. The van der Waals surface area contributed by atoms with Crippen LogP contribution in [0.15, 0.2) is 22.7 Å². The van der Waals surface area contributed by atoms with Crippen LogP contribution in [0.25, 0.3) is 0 Å². The summed E-state index contributed by atoms with van der Waals surface area (Å²) in [4.78, 5) is 10.9. The lowest BCUT2D eigenvalue weighted by Gasteiger charge is -2.18. The fraction of sp³-hybridized carbons (Fsp3) is 0.364. The van der Waals surface area contributed by atoms with Gasteiger partial charge in [-0.3, -0.25) is 9.00 Å². The van der Waals surface area contributed by atoms with Crippen molar-refractivity contribution in [2.24, 2.45) is 0 Å². The number of hydrogen-bond donors (Lipinski definition) is 1. The van der Waals surface area contributed by atoms with Crippen LogP contribution in [0.4, 0.5) is 4.39 Å². The average Bonchev–Trinajstić information content (AvgIpc) is 2.23. The molecule has 0 aliphatic carbocycles. The van der Waals surface area contributed by atoms with Crippen molar-refractivity contribution < 1.29 is 18.5 Å². The Balaban J connectivity index is 2.89. The van der Waals surface area contributed by atoms with E-state index in [0.717, 1.165) is 0 Å². The monoisotopic (exact) mass is 322 g/mol. The Morgan fingerprint density at radius 2 is 2.12 bits per heavy atom. The van der Waals surface area contributed by atoms with E-state index in [1.165, 1.54) is 32.0 Å². The van der Waals surface area contributed by atoms with Crippen molar-refractivity contribution in [1.29, 1.82) is 0 Å². The van der Waals surface area contributed by atoms with Gasteiger partial charge in [0.1, 0.15) is 10.6 Å². The van der Waals surface area contributed by atoms with Crippen molar-refractivity contribution in [3.63, 3.8) is 0 Å². The number of aliphatic carboxylic acids is 1. The van der Waals surface area contributed by atoms with Gasteiger partial charge >= 0.3 is 5.97 Å². The first-order valence-electron chi connectivity index (χ1n) is 4.81. The molecule has 1 aromatic rings. The van der Waals surface area contributed by atoms with Crippen molar-refractivity contribution in [2.75, 3.05) is 0 Å². The fourth-order valence-electron chi connectivity index (χ4n) is 1.06. The molecule has 3 nitrogen and oxygen atoms in total. The quantitative estimate of drug-likeness (QED) is 0.927. The maximum Gasteiger partial charge on any atom is 0.321 e. The molecule has 1 rings (SSSR count). The second-order valence-electron chi connectivity index (χ2n) is 4.05. The van der Waals surface area contributed by atoms with Gasteiger partial charge in [0, 0.05) is 16.6 Å². The lowest BCUT2D eigenvalue weighted by molar-refractivity contribution is -0.139. The lowest BCUT2D eigenvalue weighted by Crippen LogP contribution is -2.37. The van der Waals surface area contributed by atoms with E-state index in [1.54, 1.807) is 0 Å². The number of carboxylic acid groups (broad SMARTS) is 1. The van der Waals surface area contributed by atoms with E-state index in [0.29, 0.717) is 5.56 Å². The molecular weight excluding hydrogens is 311 g/mol. The molecule has 0 aromatic heterocycles. The first-order valence-corrected chi connectivity index (χ1v) is 6.92. The van der Waals surface area contributed by atoms with E-state index in [1.807, 2.05) is 0 Å². The summed E-state index contributed by atoms with van der Waals surface area (Å²) in [6.07, 6.45) is 0. The molecule has 0 saturated heterocycles. The molecule has 1 aromatic carbocycles. The molecular formula is C11H12BrFO3S. The van der Waals surface area contributed by atoms with Crippen molar-refractivity contribution in [1.82, 2.24) is 0 Å². The van der Waals surface area contributed by atoms with Crippen molar-refractivity contribution in [3.05, 3.63) is 34.1 Å². The zero-order valence-electron chi connectivity index (χ0n) is 9.37. The van der Waals surface area contributed by atoms with Crippen LogP contribution >= 0.6 is 15.9 Å². The third-order valence-electron chi connectivity index (χ3n) is 2.37. The first-order chi connectivity index (χ1) is 7.75. The number of rotatable bonds is 4. The molecule has 1 unspecified atom stereocenters. The summed E-state index contributed by atoms with van der Waals surface area (Å²) < 4.78 is 23.8. The third-order valence-corrected chi connectivity index (χ3v) is 4.88. The van der Waals surface area contributed by atoms with Crippen molar-refractivity contribution in [3.8, 4) is 0 Å². The Labute approximate surface area is 110 Å². The van der Waals surface area contributed by atoms with Crippen LogP contribution in [0.2, 0.25) is 0 Å². The summed E-state index contributed by atoms with van der Waals surface area (Å²) in [5.41, 5.74) is 0.630. The van der Waals surface area contributed by atoms with Gasteiger partial charge in [-0.05, 0) is 47.5 Å². The highest BCUT2D eigenvalue weighted by molar-refractivity contribution is 9.10. The zero-order valence-corrected chi connectivity index (χ0v) is 11.8. The zero-order chi connectivity index (χ0) is 13.2. The molecule has 1 atom stereocenters. The van der Waals surface area contributed by atoms with E-state index < -0.39 is 27.3 Å². The van der Waals surface area contributed by atoms with Crippen LogP contribution in [-0.2, 0) is 21.3 Å². The van der Waals surface area contributed by atoms with Gasteiger partial charge in [0.25, 0.3) is 0 Å². The Morgan fingerprint density at radius 3 is 2.59 bits per heavy atom. The van der Waals surface area contributed by atoms with E-state index in [2.05, 4.69) is 15.9 Å². The number of carboxylic acids is 1. The van der Waals surface area contributed by atoms with Gasteiger partial charge in [-0.1, -0.05) is 6.07 Å². The van der Waals surface area contributed by atoms with Gasteiger partial charge in [-0.25, -0.2) is 4.39 Å². The summed E-state index contributed by atoms with van der Waals surface area (Å²) in [5, 5.41) is 8.93. The normalized spacial score (nSPS) is 13.4. The van der Waals surface area contributed by atoms with Gasteiger partial charge in [0.2, 0.25) is 0 Å². The van der Waals surface area contributed by atoms with Crippen molar-refractivity contribution >= 4 is 32.7 Å². The molecule has 0 heterocycles. The molecule has 0 amide bonds. The standard InChI is InChI=1S/C11H12BrFO3S/c1-11(2,10(14)15)17(16)6-7-3-4-9(13)8(12)5-7/h3-5H,6H2,1-2H3,(H,14,15). The molecule has 0 aliphatic heterocycles. The summed E-state index contributed by atoms with van der Waals surface area (Å²) in [5.74, 6) is -1.44. The smallest absolute Gasteiger partial charge is 0.321 e. The molecule has 17 heavy (non-hydrogen) atoms. The highest BCUT2D eigenvalue weighted by Crippen LogP contribution is 2.21. The largest absolute Gasteiger partial charge is 0.480 e. The van der Waals surface area contributed by atoms with Gasteiger partial charge in [0.05, 0.1) is 4.47 Å². The second kappa shape index (κ2) is 5.27. The maximum absolute atomic E-state index is 13.0. The molecule has 6 heteroatoms. The van der Waals surface area contributed by atoms with Crippen LogP contribution in [-0.4, -0.2) is 20.0 Å². The van der Waals surface area contributed by atoms with Crippen LogP contribution in [0.1, 0.15) is 19.4 Å². The summed E-state index contributed by atoms with van der Waals surface area (Å²) in [7, 11) is -1.57. The Kier molecular flexibility index (Phi) is 4.43. The number of hydrogen-bond acceptors (Lipinski definition) is 2. The minimum atomic E-state index is -1.57. The van der Waals surface area contributed by atoms with E-state index in [4.69, 9.17) is 5.11 Å². The fourth-order valence-corrected chi connectivity index (χ4v) is 2.52. The SMILES string of the molecule is CC(C)(C(=O)O)S(=O)Cc1ccc(F)c(Br)c1. The summed E-state index contributed by atoms with van der Waals surface area (Å²) in [6, 6.07) is 4.26. The van der Waals surface area contributed by atoms with Crippen LogP contribution < -0.4 is 0 Å². The molecule has 0 fully saturated rings. The molecule has 0 saturated carbocycles. The predicted molar refractivity (Wildman–Crippen MR) is 67.7 cm³/mol. The molecule has 0 radical (unpaired) electrons. The van der Waals surface area contributed by atoms with E-state index in [9.17, 15) is 13.4 Å². The second-order valence-corrected chi connectivity index (χ2v) is 6.91. The number of carbonyl (C=O) groups is 1. The van der Waals surface area contributed by atoms with Gasteiger partial charge in [0.15, 0.2) is 0 Å². The van der Waals surface area contributed by atoms with Crippen molar-refractivity contribution in [2.45, 2.75) is 24.3 Å². The van der Waals surface area contributed by atoms with Gasteiger partial charge in [-0.2, -0.15) is 0 Å². The number of benzene rings is 1. The molecule has 0 bridgehead atoms. The number of halogens is 2. The molecule has 94 valence electrons. The van der Waals surface area contributed by atoms with E-state index in [-0.39, 0.29) is 10.2 Å². The Hall–Kier alpha value is -0.750. The maximum atomic E-state index is 13.0. The predicted octanol–water partition coefficient (Wildman–Crippen LogP) is 2.70. The van der Waals surface area contributed by atoms with Crippen LogP contribution in [0.5, 0.6) is 0 Å². The molecule has 0 aliphatic rings. The lowest BCUT2D eigenvalue weighted by atomic mass is 10.2. The third kappa shape index (κ3) is 3.35. The molecule has 1 N–H and O–H groups in total. The average molecular weight is 323 g/mol.